The van der Waals surface area contributed by atoms with Crippen molar-refractivity contribution in [2.45, 2.75) is 43.8 Å². The minimum atomic E-state index is -3.50. The lowest BCUT2D eigenvalue weighted by molar-refractivity contribution is -0.0168. The van der Waals surface area contributed by atoms with Crippen molar-refractivity contribution < 1.29 is 13.2 Å². The van der Waals surface area contributed by atoms with Gasteiger partial charge in [0.25, 0.3) is 0 Å². The van der Waals surface area contributed by atoms with E-state index in [1.165, 1.54) is 4.31 Å². The molecule has 0 aromatic heterocycles. The molecule has 1 aromatic carbocycles. The van der Waals surface area contributed by atoms with Crippen LogP contribution in [0, 0.1) is 0 Å². The molecule has 1 aromatic rings. The molecule has 0 saturated carbocycles. The summed E-state index contributed by atoms with van der Waals surface area (Å²) in [6.45, 7) is 4.94. The van der Waals surface area contributed by atoms with Crippen LogP contribution in [0.25, 0.3) is 0 Å². The van der Waals surface area contributed by atoms with E-state index in [2.05, 4.69) is 0 Å². The summed E-state index contributed by atoms with van der Waals surface area (Å²) in [5.74, 6) is 0. The molecule has 0 radical (unpaired) electrons. The van der Waals surface area contributed by atoms with Crippen LogP contribution in [0.4, 0.5) is 0 Å². The number of piperidine rings is 1. The Morgan fingerprint density at radius 1 is 1.25 bits per heavy atom. The van der Waals surface area contributed by atoms with E-state index >= 15 is 0 Å². The number of nitrogens with zero attached hydrogens (tertiary/aromatic N) is 1. The molecule has 1 aliphatic rings. The van der Waals surface area contributed by atoms with Gasteiger partial charge >= 0.3 is 0 Å². The molecule has 1 fully saturated rings. The topological polar surface area (TPSA) is 46.6 Å². The smallest absolute Gasteiger partial charge is 0.244 e. The largest absolute Gasteiger partial charge is 0.375 e. The van der Waals surface area contributed by atoms with Crippen LogP contribution >= 0.6 is 11.6 Å². The van der Waals surface area contributed by atoms with E-state index in [1.54, 1.807) is 24.3 Å². The summed E-state index contributed by atoms with van der Waals surface area (Å²) >= 11 is 5.99. The van der Waals surface area contributed by atoms with Crippen molar-refractivity contribution in [1.82, 2.24) is 4.31 Å². The van der Waals surface area contributed by atoms with Gasteiger partial charge in [-0.05, 0) is 38.8 Å². The van der Waals surface area contributed by atoms with Crippen LogP contribution in [-0.4, -0.2) is 38.0 Å². The van der Waals surface area contributed by atoms with Gasteiger partial charge in [0.1, 0.15) is 4.90 Å². The van der Waals surface area contributed by atoms with E-state index in [1.807, 2.05) is 13.8 Å². The van der Waals surface area contributed by atoms with Gasteiger partial charge in [-0.1, -0.05) is 23.7 Å². The zero-order chi connectivity index (χ0) is 14.8. The van der Waals surface area contributed by atoms with Gasteiger partial charge in [0, 0.05) is 13.1 Å². The van der Waals surface area contributed by atoms with Crippen LogP contribution in [0.1, 0.15) is 26.7 Å². The van der Waals surface area contributed by atoms with Crippen LogP contribution in [0.2, 0.25) is 5.02 Å². The second-order valence-corrected chi connectivity index (χ2v) is 7.53. The molecule has 0 unspecified atom stereocenters. The summed E-state index contributed by atoms with van der Waals surface area (Å²) in [6, 6.07) is 6.56. The average molecular weight is 318 g/mol. The van der Waals surface area contributed by atoms with Crippen LogP contribution in [0.3, 0.4) is 0 Å². The predicted octanol–water partition coefficient (Wildman–Crippen LogP) is 2.92. The number of hydrogen-bond donors (Lipinski definition) is 0. The molecule has 6 heteroatoms. The molecule has 1 heterocycles. The Hall–Kier alpha value is -0.620. The molecule has 1 saturated heterocycles. The fourth-order valence-electron chi connectivity index (χ4n) is 2.39. The highest BCUT2D eigenvalue weighted by atomic mass is 35.5. The normalized spacial score (nSPS) is 18.6. The first kappa shape index (κ1) is 15.8. The van der Waals surface area contributed by atoms with E-state index in [-0.39, 0.29) is 22.1 Å². The lowest BCUT2D eigenvalue weighted by Gasteiger charge is -2.32. The maximum absolute atomic E-state index is 12.5. The summed E-state index contributed by atoms with van der Waals surface area (Å²) in [5, 5.41) is 0.271. The number of benzene rings is 1. The molecular weight excluding hydrogens is 298 g/mol. The zero-order valence-corrected chi connectivity index (χ0v) is 13.3. The highest BCUT2D eigenvalue weighted by molar-refractivity contribution is 7.89. The zero-order valence-electron chi connectivity index (χ0n) is 11.8. The lowest BCUT2D eigenvalue weighted by Crippen LogP contribution is -2.41. The molecule has 0 atom stereocenters. The van der Waals surface area contributed by atoms with Crippen molar-refractivity contribution in [1.29, 1.82) is 0 Å². The van der Waals surface area contributed by atoms with Gasteiger partial charge in [-0.3, -0.25) is 0 Å². The van der Waals surface area contributed by atoms with Gasteiger partial charge in [-0.15, -0.1) is 0 Å². The summed E-state index contributed by atoms with van der Waals surface area (Å²) < 4.78 is 32.3. The minimum Gasteiger partial charge on any atom is -0.375 e. The number of sulfonamides is 1. The van der Waals surface area contributed by atoms with Crippen LogP contribution in [0.15, 0.2) is 29.2 Å². The Balaban J connectivity index is 2.08. The third kappa shape index (κ3) is 3.52. The predicted molar refractivity (Wildman–Crippen MR) is 79.5 cm³/mol. The lowest BCUT2D eigenvalue weighted by atomic mass is 10.1. The molecule has 4 nitrogen and oxygen atoms in total. The molecule has 0 spiro atoms. The van der Waals surface area contributed by atoms with E-state index in [0.29, 0.717) is 13.1 Å². The Bertz CT molecular complexity index is 551. The molecule has 20 heavy (non-hydrogen) atoms. The number of hydrogen-bond acceptors (Lipinski definition) is 3. The maximum Gasteiger partial charge on any atom is 0.244 e. The summed E-state index contributed by atoms with van der Waals surface area (Å²) in [5.41, 5.74) is 0. The molecule has 0 N–H and O–H groups in total. The molecule has 1 aliphatic heterocycles. The fourth-order valence-corrected chi connectivity index (χ4v) is 4.35. The summed E-state index contributed by atoms with van der Waals surface area (Å²) in [4.78, 5) is 0.185. The SMILES string of the molecule is CC(C)OC1CCN(S(=O)(=O)c2ccccc2Cl)CC1. The van der Waals surface area contributed by atoms with Gasteiger partial charge in [-0.2, -0.15) is 4.31 Å². The minimum absolute atomic E-state index is 0.146. The Morgan fingerprint density at radius 3 is 2.40 bits per heavy atom. The monoisotopic (exact) mass is 317 g/mol. The van der Waals surface area contributed by atoms with Crippen molar-refractivity contribution in [2.24, 2.45) is 0 Å². The van der Waals surface area contributed by atoms with Crippen molar-refractivity contribution in [3.05, 3.63) is 29.3 Å². The number of ether oxygens (including phenoxy) is 1. The van der Waals surface area contributed by atoms with Gasteiger partial charge in [0.15, 0.2) is 0 Å². The maximum atomic E-state index is 12.5. The Kier molecular flexibility index (Phi) is 5.07. The van der Waals surface area contributed by atoms with E-state index in [0.717, 1.165) is 12.8 Å². The Labute approximate surface area is 125 Å². The summed E-state index contributed by atoms with van der Waals surface area (Å²) in [6.07, 6.45) is 1.77. The second-order valence-electron chi connectivity index (χ2n) is 5.22. The highest BCUT2D eigenvalue weighted by Crippen LogP contribution is 2.27. The van der Waals surface area contributed by atoms with Gasteiger partial charge in [-0.25, -0.2) is 8.42 Å². The van der Waals surface area contributed by atoms with Gasteiger partial charge in [0.2, 0.25) is 10.0 Å². The quantitative estimate of drug-likeness (QED) is 0.858. The van der Waals surface area contributed by atoms with Crippen LogP contribution < -0.4 is 0 Å². The first-order valence-electron chi connectivity index (χ1n) is 6.81. The number of halogens is 1. The highest BCUT2D eigenvalue weighted by Gasteiger charge is 2.31. The molecule has 0 amide bonds. The molecule has 2 rings (SSSR count). The Morgan fingerprint density at radius 2 is 1.85 bits per heavy atom. The van der Waals surface area contributed by atoms with Gasteiger partial charge < -0.3 is 4.74 Å². The van der Waals surface area contributed by atoms with Crippen molar-refractivity contribution in [3.63, 3.8) is 0 Å². The van der Waals surface area contributed by atoms with Crippen LogP contribution in [-0.2, 0) is 14.8 Å². The number of rotatable bonds is 4. The molecule has 0 aliphatic carbocycles. The standard InChI is InChI=1S/C14H20ClNO3S/c1-11(2)19-12-7-9-16(10-8-12)20(17,18)14-6-4-3-5-13(14)15/h3-6,11-12H,7-10H2,1-2H3. The van der Waals surface area contributed by atoms with E-state index < -0.39 is 10.0 Å². The second kappa shape index (κ2) is 6.43. The molecule has 112 valence electrons. The third-order valence-corrected chi connectivity index (χ3v) is 5.72. The first-order chi connectivity index (χ1) is 9.41. The molecule has 0 bridgehead atoms. The van der Waals surface area contributed by atoms with Crippen molar-refractivity contribution in [2.75, 3.05) is 13.1 Å². The molecular formula is C14H20ClNO3S. The summed E-state index contributed by atoms with van der Waals surface area (Å²) in [7, 11) is -3.50. The fraction of sp³-hybridized carbons (Fsp3) is 0.571. The van der Waals surface area contributed by atoms with Crippen LogP contribution in [0.5, 0.6) is 0 Å². The van der Waals surface area contributed by atoms with Crippen molar-refractivity contribution in [3.8, 4) is 0 Å². The third-order valence-electron chi connectivity index (χ3n) is 3.32. The average Bonchev–Trinajstić information content (AvgIpc) is 2.39. The van der Waals surface area contributed by atoms with E-state index in [4.69, 9.17) is 16.3 Å². The van der Waals surface area contributed by atoms with Crippen molar-refractivity contribution >= 4 is 21.6 Å². The van der Waals surface area contributed by atoms with Gasteiger partial charge in [0.05, 0.1) is 17.2 Å². The first-order valence-corrected chi connectivity index (χ1v) is 8.63. The van der Waals surface area contributed by atoms with E-state index in [9.17, 15) is 8.42 Å².